The Morgan fingerprint density at radius 1 is 1.53 bits per heavy atom. The van der Waals surface area contributed by atoms with Crippen LogP contribution in [-0.2, 0) is 9.59 Å². The van der Waals surface area contributed by atoms with Gasteiger partial charge >= 0.3 is 0 Å². The van der Waals surface area contributed by atoms with Gasteiger partial charge in [0.15, 0.2) is 5.84 Å². The molecule has 0 aliphatic heterocycles. The Morgan fingerprint density at radius 2 is 2.13 bits per heavy atom. The van der Waals surface area contributed by atoms with Gasteiger partial charge in [-0.05, 0) is 6.92 Å². The van der Waals surface area contributed by atoms with Gasteiger partial charge in [0.2, 0.25) is 11.8 Å². The van der Waals surface area contributed by atoms with Crippen molar-refractivity contribution in [3.05, 3.63) is 0 Å². The van der Waals surface area contributed by atoms with Crippen molar-refractivity contribution in [3.63, 3.8) is 0 Å². The Hall–Kier alpha value is -1.79. The predicted molar refractivity (Wildman–Crippen MR) is 54.3 cm³/mol. The fourth-order valence-corrected chi connectivity index (χ4v) is 0.798. The van der Waals surface area contributed by atoms with Crippen molar-refractivity contribution in [2.45, 2.75) is 13.3 Å². The van der Waals surface area contributed by atoms with Crippen molar-refractivity contribution in [1.29, 1.82) is 0 Å². The average Bonchev–Trinajstić information content (AvgIpc) is 2.26. The molecule has 7 heteroatoms. The molecule has 0 radical (unpaired) electrons. The number of nitrogens with zero attached hydrogens (tertiary/aromatic N) is 1. The second kappa shape index (κ2) is 6.63. The van der Waals surface area contributed by atoms with Crippen LogP contribution in [0.25, 0.3) is 0 Å². The van der Waals surface area contributed by atoms with Gasteiger partial charge in [0.05, 0.1) is 5.92 Å². The molecule has 0 spiro atoms. The average molecular weight is 216 g/mol. The summed E-state index contributed by atoms with van der Waals surface area (Å²) in [7, 11) is 1.52. The molecule has 0 heterocycles. The lowest BCUT2D eigenvalue weighted by molar-refractivity contribution is -0.123. The molecule has 0 aliphatic rings. The van der Waals surface area contributed by atoms with E-state index < -0.39 is 5.92 Å². The monoisotopic (exact) mass is 216 g/mol. The summed E-state index contributed by atoms with van der Waals surface area (Å²) in [6.45, 7) is 1.73. The molecule has 0 rings (SSSR count). The molecule has 0 aromatic heterocycles. The molecule has 2 amide bonds. The van der Waals surface area contributed by atoms with Crippen LogP contribution in [0.4, 0.5) is 0 Å². The van der Waals surface area contributed by atoms with Crippen molar-refractivity contribution in [2.24, 2.45) is 16.8 Å². The van der Waals surface area contributed by atoms with Gasteiger partial charge in [-0.15, -0.1) is 0 Å². The van der Waals surface area contributed by atoms with E-state index >= 15 is 0 Å². The van der Waals surface area contributed by atoms with Crippen LogP contribution in [0, 0.1) is 5.92 Å². The van der Waals surface area contributed by atoms with Gasteiger partial charge in [-0.2, -0.15) is 0 Å². The molecule has 1 unspecified atom stereocenters. The summed E-state index contributed by atoms with van der Waals surface area (Å²) < 4.78 is 0. The summed E-state index contributed by atoms with van der Waals surface area (Å²) in [6.07, 6.45) is 0.200. The van der Waals surface area contributed by atoms with Crippen LogP contribution >= 0.6 is 0 Å². The third-order valence-corrected chi connectivity index (χ3v) is 1.88. The normalized spacial score (nSPS) is 13.1. The molecule has 0 aromatic carbocycles. The summed E-state index contributed by atoms with van der Waals surface area (Å²) in [5.41, 5.74) is 5.23. The SMILES string of the molecule is CNC(=O)CCNC(=O)C(C)C(N)=NO. The fraction of sp³-hybridized carbons (Fsp3) is 0.625. The van der Waals surface area contributed by atoms with Gasteiger partial charge < -0.3 is 21.6 Å². The third kappa shape index (κ3) is 4.84. The number of hydrogen-bond acceptors (Lipinski definition) is 4. The van der Waals surface area contributed by atoms with Gasteiger partial charge in [0, 0.05) is 20.0 Å². The number of amidine groups is 1. The highest BCUT2D eigenvalue weighted by Crippen LogP contribution is 1.94. The molecule has 15 heavy (non-hydrogen) atoms. The van der Waals surface area contributed by atoms with Crippen LogP contribution in [-0.4, -0.2) is 36.4 Å². The fourth-order valence-electron chi connectivity index (χ4n) is 0.798. The van der Waals surface area contributed by atoms with Crippen molar-refractivity contribution in [3.8, 4) is 0 Å². The van der Waals surface area contributed by atoms with Gasteiger partial charge in [-0.25, -0.2) is 0 Å². The van der Waals surface area contributed by atoms with Crippen LogP contribution in [0.3, 0.4) is 0 Å². The van der Waals surface area contributed by atoms with E-state index in [-0.39, 0.29) is 30.6 Å². The number of rotatable bonds is 5. The topological polar surface area (TPSA) is 117 Å². The second-order valence-corrected chi connectivity index (χ2v) is 2.96. The Labute approximate surface area is 87.7 Å². The maximum Gasteiger partial charge on any atom is 0.230 e. The number of nitrogens with two attached hydrogens (primary N) is 1. The van der Waals surface area contributed by atoms with E-state index in [1.165, 1.54) is 14.0 Å². The number of carbonyl (C=O) groups excluding carboxylic acids is 2. The molecule has 0 bridgehead atoms. The number of hydrogen-bond donors (Lipinski definition) is 4. The highest BCUT2D eigenvalue weighted by molar-refractivity contribution is 6.01. The maximum absolute atomic E-state index is 11.3. The van der Waals surface area contributed by atoms with E-state index in [1.54, 1.807) is 0 Å². The van der Waals surface area contributed by atoms with Crippen LogP contribution in [0.5, 0.6) is 0 Å². The number of amides is 2. The predicted octanol–water partition coefficient (Wildman–Crippen LogP) is -1.38. The lowest BCUT2D eigenvalue weighted by Crippen LogP contribution is -2.38. The minimum atomic E-state index is -0.709. The molecule has 0 aromatic rings. The molecule has 0 saturated heterocycles. The Morgan fingerprint density at radius 3 is 2.60 bits per heavy atom. The molecule has 5 N–H and O–H groups in total. The molecule has 0 saturated carbocycles. The molecular formula is C8H16N4O3. The van der Waals surface area contributed by atoms with Gasteiger partial charge in [0.1, 0.15) is 0 Å². The van der Waals surface area contributed by atoms with Crippen LogP contribution in [0.15, 0.2) is 5.16 Å². The lowest BCUT2D eigenvalue weighted by Gasteiger charge is -2.09. The first-order valence-electron chi connectivity index (χ1n) is 4.48. The second-order valence-electron chi connectivity index (χ2n) is 2.96. The first-order chi connectivity index (χ1) is 7.02. The quantitative estimate of drug-likeness (QED) is 0.196. The van der Waals surface area contributed by atoms with Crippen LogP contribution in [0.2, 0.25) is 0 Å². The Balaban J connectivity index is 3.89. The lowest BCUT2D eigenvalue weighted by atomic mass is 10.1. The van der Waals surface area contributed by atoms with Gasteiger partial charge in [-0.1, -0.05) is 5.16 Å². The van der Waals surface area contributed by atoms with E-state index in [9.17, 15) is 9.59 Å². The molecule has 0 aliphatic carbocycles. The summed E-state index contributed by atoms with van der Waals surface area (Å²) in [6, 6.07) is 0. The third-order valence-electron chi connectivity index (χ3n) is 1.88. The highest BCUT2D eigenvalue weighted by atomic mass is 16.4. The summed E-state index contributed by atoms with van der Waals surface area (Å²) in [4.78, 5) is 22.1. The van der Waals surface area contributed by atoms with Crippen molar-refractivity contribution < 1.29 is 14.8 Å². The van der Waals surface area contributed by atoms with Crippen LogP contribution in [0.1, 0.15) is 13.3 Å². The Kier molecular flexibility index (Phi) is 5.84. The zero-order chi connectivity index (χ0) is 11.8. The van der Waals surface area contributed by atoms with E-state index in [0.29, 0.717) is 0 Å². The van der Waals surface area contributed by atoms with Crippen LogP contribution < -0.4 is 16.4 Å². The minimum absolute atomic E-state index is 0.160. The molecule has 7 nitrogen and oxygen atoms in total. The van der Waals surface area contributed by atoms with Gasteiger partial charge in [-0.3, -0.25) is 9.59 Å². The van der Waals surface area contributed by atoms with E-state index in [2.05, 4.69) is 15.8 Å². The standard InChI is InChI=1S/C8H16N4O3/c1-5(7(9)12-15)8(14)11-4-3-6(13)10-2/h5,15H,3-4H2,1-2H3,(H2,9,12)(H,10,13)(H,11,14). The first kappa shape index (κ1) is 13.2. The number of oxime groups is 1. The Bertz CT molecular complexity index is 265. The minimum Gasteiger partial charge on any atom is -0.409 e. The maximum atomic E-state index is 11.3. The first-order valence-corrected chi connectivity index (χ1v) is 4.48. The smallest absolute Gasteiger partial charge is 0.230 e. The molecular weight excluding hydrogens is 200 g/mol. The largest absolute Gasteiger partial charge is 0.409 e. The van der Waals surface area contributed by atoms with Crippen molar-refractivity contribution >= 4 is 17.6 Å². The molecule has 1 atom stereocenters. The van der Waals surface area contributed by atoms with E-state index in [0.717, 1.165) is 0 Å². The molecule has 86 valence electrons. The molecule has 0 fully saturated rings. The summed E-state index contributed by atoms with van der Waals surface area (Å²) >= 11 is 0. The zero-order valence-electron chi connectivity index (χ0n) is 8.78. The van der Waals surface area contributed by atoms with Crippen molar-refractivity contribution in [1.82, 2.24) is 10.6 Å². The van der Waals surface area contributed by atoms with Gasteiger partial charge in [0.25, 0.3) is 0 Å². The number of nitrogens with one attached hydrogen (secondary N) is 2. The highest BCUT2D eigenvalue weighted by Gasteiger charge is 2.16. The summed E-state index contributed by atoms with van der Waals surface area (Å²) in [5.74, 6) is -1.41. The van der Waals surface area contributed by atoms with E-state index in [4.69, 9.17) is 10.9 Å². The zero-order valence-corrected chi connectivity index (χ0v) is 8.78. The van der Waals surface area contributed by atoms with Crippen molar-refractivity contribution in [2.75, 3.05) is 13.6 Å². The number of carbonyl (C=O) groups is 2. The van der Waals surface area contributed by atoms with E-state index in [1.807, 2.05) is 0 Å². The summed E-state index contributed by atoms with van der Waals surface area (Å²) in [5, 5.41) is 16.0.